The van der Waals surface area contributed by atoms with Gasteiger partial charge in [-0.2, -0.15) is 0 Å². The van der Waals surface area contributed by atoms with Gasteiger partial charge in [0.2, 0.25) is 0 Å². The quantitative estimate of drug-likeness (QED) is 0.857. The number of hydrogen-bond donors (Lipinski definition) is 1. The van der Waals surface area contributed by atoms with Gasteiger partial charge < -0.3 is 10.5 Å². The Morgan fingerprint density at radius 2 is 2.21 bits per heavy atom. The second kappa shape index (κ2) is 4.51. The number of halogens is 2. The van der Waals surface area contributed by atoms with Crippen LogP contribution in [0.15, 0.2) is 22.7 Å². The van der Waals surface area contributed by atoms with Gasteiger partial charge >= 0.3 is 0 Å². The highest BCUT2D eigenvalue weighted by Gasteiger charge is 2.29. The van der Waals surface area contributed by atoms with Crippen LogP contribution in [0.4, 0.5) is 0 Å². The summed E-state index contributed by atoms with van der Waals surface area (Å²) in [6.45, 7) is 2.09. The largest absolute Gasteiger partial charge is 0.488 e. The summed E-state index contributed by atoms with van der Waals surface area (Å²) in [7, 11) is 0. The lowest BCUT2D eigenvalue weighted by Crippen LogP contribution is -2.24. The summed E-state index contributed by atoms with van der Waals surface area (Å²) in [5.74, 6) is 0.925. The molecule has 0 fully saturated rings. The predicted octanol–water partition coefficient (Wildman–Crippen LogP) is 3.04. The molecule has 2 unspecified atom stereocenters. The zero-order valence-corrected chi connectivity index (χ0v) is 10.3. The minimum absolute atomic E-state index is 0. The van der Waals surface area contributed by atoms with Crippen LogP contribution in [0.25, 0.3) is 0 Å². The summed E-state index contributed by atoms with van der Waals surface area (Å²) in [6.07, 6.45) is 1.09. The molecule has 1 aliphatic rings. The number of nitrogens with two attached hydrogens (primary N) is 1. The first-order valence-corrected chi connectivity index (χ1v) is 5.23. The summed E-state index contributed by atoms with van der Waals surface area (Å²) in [6, 6.07) is 6.04. The average Bonchev–Trinajstić information content (AvgIpc) is 2.42. The third-order valence-corrected chi connectivity index (χ3v) is 2.91. The third kappa shape index (κ3) is 1.90. The number of rotatable bonds is 1. The van der Waals surface area contributed by atoms with E-state index in [1.54, 1.807) is 0 Å². The van der Waals surface area contributed by atoms with Crippen molar-refractivity contribution in [3.8, 4) is 5.75 Å². The van der Waals surface area contributed by atoms with Gasteiger partial charge in [0, 0.05) is 10.0 Å². The maximum Gasteiger partial charge on any atom is 0.125 e. The Labute approximate surface area is 98.4 Å². The first-order chi connectivity index (χ1) is 6.22. The predicted molar refractivity (Wildman–Crippen MR) is 63.0 cm³/mol. The average molecular weight is 279 g/mol. The van der Waals surface area contributed by atoms with Crippen molar-refractivity contribution in [2.45, 2.75) is 25.5 Å². The van der Waals surface area contributed by atoms with Crippen LogP contribution in [0, 0.1) is 0 Å². The van der Waals surface area contributed by atoms with E-state index in [1.807, 2.05) is 18.2 Å². The maximum absolute atomic E-state index is 6.01. The molecule has 0 bridgehead atoms. The van der Waals surface area contributed by atoms with Gasteiger partial charge in [0.15, 0.2) is 0 Å². The smallest absolute Gasteiger partial charge is 0.125 e. The molecular formula is C10H13BrClNO. The van der Waals surface area contributed by atoms with E-state index in [1.165, 1.54) is 0 Å². The molecule has 0 spiro atoms. The van der Waals surface area contributed by atoms with Crippen LogP contribution in [-0.4, -0.2) is 6.10 Å². The SMILES string of the molecule is CCC1Oc2cc(Br)ccc2C1N.Cl. The summed E-state index contributed by atoms with van der Waals surface area (Å²) in [5, 5.41) is 0. The topological polar surface area (TPSA) is 35.2 Å². The standard InChI is InChI=1S/C10H12BrNO.ClH/c1-2-8-10(12)7-4-3-6(11)5-9(7)13-8;/h3-5,8,10H,2,12H2,1H3;1H. The minimum Gasteiger partial charge on any atom is -0.488 e. The molecule has 0 radical (unpaired) electrons. The van der Waals surface area contributed by atoms with E-state index >= 15 is 0 Å². The highest BCUT2D eigenvalue weighted by atomic mass is 79.9. The Kier molecular flexibility index (Phi) is 3.81. The lowest BCUT2D eigenvalue weighted by molar-refractivity contribution is 0.202. The Bertz CT molecular complexity index is 332. The second-order valence-corrected chi connectivity index (χ2v) is 4.19. The van der Waals surface area contributed by atoms with Gasteiger partial charge in [-0.15, -0.1) is 12.4 Å². The highest BCUT2D eigenvalue weighted by Crippen LogP contribution is 2.37. The minimum atomic E-state index is 0. The van der Waals surface area contributed by atoms with Crippen molar-refractivity contribution in [3.05, 3.63) is 28.2 Å². The highest BCUT2D eigenvalue weighted by molar-refractivity contribution is 9.10. The number of hydrogen-bond acceptors (Lipinski definition) is 2. The number of benzene rings is 1. The first kappa shape index (κ1) is 11.8. The maximum atomic E-state index is 6.01. The molecule has 0 aromatic heterocycles. The lowest BCUT2D eigenvalue weighted by Gasteiger charge is -2.11. The summed E-state index contributed by atoms with van der Waals surface area (Å²) in [4.78, 5) is 0. The van der Waals surface area contributed by atoms with Crippen molar-refractivity contribution >= 4 is 28.3 Å². The lowest BCUT2D eigenvalue weighted by atomic mass is 10.0. The molecular weight excluding hydrogens is 265 g/mol. The zero-order chi connectivity index (χ0) is 9.42. The summed E-state index contributed by atoms with van der Waals surface area (Å²) < 4.78 is 6.73. The van der Waals surface area contributed by atoms with Crippen molar-refractivity contribution in [3.63, 3.8) is 0 Å². The molecule has 2 nitrogen and oxygen atoms in total. The molecule has 0 aliphatic carbocycles. The van der Waals surface area contributed by atoms with Gasteiger partial charge in [-0.1, -0.05) is 28.9 Å². The van der Waals surface area contributed by atoms with E-state index in [2.05, 4.69) is 22.9 Å². The van der Waals surface area contributed by atoms with E-state index in [9.17, 15) is 0 Å². The van der Waals surface area contributed by atoms with Gasteiger partial charge in [0.25, 0.3) is 0 Å². The molecule has 0 amide bonds. The van der Waals surface area contributed by atoms with Crippen LogP contribution in [0.2, 0.25) is 0 Å². The molecule has 2 rings (SSSR count). The molecule has 2 N–H and O–H groups in total. The Hall–Kier alpha value is -0.250. The van der Waals surface area contributed by atoms with Gasteiger partial charge in [0.1, 0.15) is 11.9 Å². The molecule has 0 saturated carbocycles. The van der Waals surface area contributed by atoms with E-state index in [0.717, 1.165) is 22.2 Å². The number of fused-ring (bicyclic) bond motifs is 1. The van der Waals surface area contributed by atoms with E-state index in [-0.39, 0.29) is 24.6 Å². The van der Waals surface area contributed by atoms with E-state index in [4.69, 9.17) is 10.5 Å². The molecule has 4 heteroatoms. The van der Waals surface area contributed by atoms with Crippen molar-refractivity contribution in [1.29, 1.82) is 0 Å². The van der Waals surface area contributed by atoms with Crippen LogP contribution < -0.4 is 10.5 Å². The number of ether oxygens (including phenoxy) is 1. The molecule has 0 saturated heterocycles. The molecule has 14 heavy (non-hydrogen) atoms. The fourth-order valence-corrected chi connectivity index (χ4v) is 2.00. The summed E-state index contributed by atoms with van der Waals surface area (Å²) >= 11 is 3.41. The molecule has 1 heterocycles. The fraction of sp³-hybridized carbons (Fsp3) is 0.400. The molecule has 1 aromatic carbocycles. The molecule has 1 aliphatic heterocycles. The summed E-state index contributed by atoms with van der Waals surface area (Å²) in [5.41, 5.74) is 7.13. The first-order valence-electron chi connectivity index (χ1n) is 4.44. The normalized spacial score (nSPS) is 23.6. The van der Waals surface area contributed by atoms with Crippen LogP contribution in [-0.2, 0) is 0 Å². The van der Waals surface area contributed by atoms with Crippen molar-refractivity contribution in [2.24, 2.45) is 5.73 Å². The second-order valence-electron chi connectivity index (χ2n) is 3.27. The van der Waals surface area contributed by atoms with Crippen LogP contribution in [0.5, 0.6) is 5.75 Å². The van der Waals surface area contributed by atoms with Gasteiger partial charge in [-0.25, -0.2) is 0 Å². The van der Waals surface area contributed by atoms with Crippen LogP contribution in [0.1, 0.15) is 24.9 Å². The van der Waals surface area contributed by atoms with Gasteiger partial charge in [-0.05, 0) is 18.6 Å². The van der Waals surface area contributed by atoms with Crippen molar-refractivity contribution in [1.82, 2.24) is 0 Å². The zero-order valence-electron chi connectivity index (χ0n) is 7.87. The monoisotopic (exact) mass is 277 g/mol. The van der Waals surface area contributed by atoms with Crippen LogP contribution in [0.3, 0.4) is 0 Å². The Morgan fingerprint density at radius 3 is 2.86 bits per heavy atom. The Balaban J connectivity index is 0.000000980. The molecule has 1 aromatic rings. The van der Waals surface area contributed by atoms with Crippen molar-refractivity contribution in [2.75, 3.05) is 0 Å². The molecule has 78 valence electrons. The van der Waals surface area contributed by atoms with Crippen molar-refractivity contribution < 1.29 is 4.74 Å². The third-order valence-electron chi connectivity index (χ3n) is 2.42. The van der Waals surface area contributed by atoms with Gasteiger partial charge in [0.05, 0.1) is 6.04 Å². The van der Waals surface area contributed by atoms with E-state index < -0.39 is 0 Å². The van der Waals surface area contributed by atoms with Gasteiger partial charge in [-0.3, -0.25) is 0 Å². The van der Waals surface area contributed by atoms with Crippen LogP contribution >= 0.6 is 28.3 Å². The fourth-order valence-electron chi connectivity index (χ4n) is 1.66. The van der Waals surface area contributed by atoms with E-state index in [0.29, 0.717) is 0 Å². The molecule has 2 atom stereocenters. The Morgan fingerprint density at radius 1 is 1.50 bits per heavy atom.